The van der Waals surface area contributed by atoms with Crippen molar-refractivity contribution in [1.82, 2.24) is 0 Å². The average Bonchev–Trinajstić information content (AvgIpc) is 2.97. The highest BCUT2D eigenvalue weighted by atomic mass is 19.4. The first-order valence-corrected chi connectivity index (χ1v) is 16.5. The zero-order valence-electron chi connectivity index (χ0n) is 24.9. The fourth-order valence-electron chi connectivity index (χ4n) is 8.52. The minimum absolute atomic E-state index is 0.0440. The quantitative estimate of drug-likeness (QED) is 0.211. The van der Waals surface area contributed by atoms with Crippen molar-refractivity contribution < 1.29 is 26.3 Å². The van der Waals surface area contributed by atoms with Crippen LogP contribution in [0.4, 0.5) is 26.3 Å². The van der Waals surface area contributed by atoms with Crippen LogP contribution in [0.2, 0.25) is 0 Å². The normalized spacial score (nSPS) is 29.0. The number of halogens is 6. The molecule has 5 rings (SSSR count). The molecule has 0 aliphatic heterocycles. The maximum absolute atomic E-state index is 15.4. The lowest BCUT2D eigenvalue weighted by Gasteiger charge is -2.38. The van der Waals surface area contributed by atoms with Gasteiger partial charge in [0.2, 0.25) is 0 Å². The van der Waals surface area contributed by atoms with Crippen LogP contribution in [0.15, 0.2) is 30.3 Å². The molecule has 232 valence electrons. The number of alkyl halides is 3. The van der Waals surface area contributed by atoms with Crippen molar-refractivity contribution >= 4 is 0 Å². The van der Waals surface area contributed by atoms with Gasteiger partial charge in [0.05, 0.1) is 0 Å². The van der Waals surface area contributed by atoms with Crippen LogP contribution in [0.5, 0.6) is 0 Å². The molecule has 0 amide bonds. The van der Waals surface area contributed by atoms with Gasteiger partial charge in [-0.2, -0.15) is 13.2 Å². The third kappa shape index (κ3) is 7.38. The summed E-state index contributed by atoms with van der Waals surface area (Å²) in [5.41, 5.74) is 0.559. The lowest BCUT2D eigenvalue weighted by Crippen LogP contribution is -2.25. The highest BCUT2D eigenvalue weighted by Gasteiger charge is 2.39. The van der Waals surface area contributed by atoms with E-state index in [9.17, 15) is 22.0 Å². The molecule has 3 aliphatic rings. The Kier molecular flexibility index (Phi) is 10.3. The first-order chi connectivity index (χ1) is 20.1. The molecular formula is C36H46F6. The second-order valence-electron chi connectivity index (χ2n) is 13.6. The molecule has 42 heavy (non-hydrogen) atoms. The lowest BCUT2D eigenvalue weighted by atomic mass is 9.67. The van der Waals surface area contributed by atoms with E-state index < -0.39 is 23.4 Å². The Balaban J connectivity index is 1.10. The van der Waals surface area contributed by atoms with E-state index in [0.29, 0.717) is 23.3 Å². The van der Waals surface area contributed by atoms with Crippen molar-refractivity contribution in [3.05, 3.63) is 70.0 Å². The third-order valence-corrected chi connectivity index (χ3v) is 11.0. The van der Waals surface area contributed by atoms with Crippen molar-refractivity contribution in [1.29, 1.82) is 0 Å². The summed E-state index contributed by atoms with van der Waals surface area (Å²) in [5.74, 6) is -0.569. The third-order valence-electron chi connectivity index (χ3n) is 11.0. The SMILES string of the molecule is CCCCCC1CCC(c2ccc(C3CCC(C4CCC(c5cc(F)c(C(F)(F)F)c(F)c5)CC4)CC3)c(F)c2)CC1. The highest BCUT2D eigenvalue weighted by molar-refractivity contribution is 5.32. The van der Waals surface area contributed by atoms with E-state index in [1.165, 1.54) is 56.9 Å². The van der Waals surface area contributed by atoms with Crippen LogP contribution in [0, 0.1) is 35.2 Å². The molecule has 0 heterocycles. The Morgan fingerprint density at radius 2 is 1.10 bits per heavy atom. The number of benzene rings is 2. The summed E-state index contributed by atoms with van der Waals surface area (Å²) >= 11 is 0. The standard InChI is InChI=1S/C36H46F6/c1-2-3-4-5-23-6-8-26(9-7-23)29-18-19-31(32(37)20-29)28-16-14-25(15-17-28)24-10-12-27(13-11-24)30-21-33(38)35(34(39)22-30)36(40,41)42/h18-28H,2-17H2,1H3. The molecular weight excluding hydrogens is 546 g/mol. The fourth-order valence-corrected chi connectivity index (χ4v) is 8.52. The van der Waals surface area contributed by atoms with Gasteiger partial charge >= 0.3 is 6.18 Å². The maximum atomic E-state index is 15.4. The molecule has 3 saturated carbocycles. The van der Waals surface area contributed by atoms with Crippen molar-refractivity contribution in [2.75, 3.05) is 0 Å². The molecule has 0 saturated heterocycles. The minimum Gasteiger partial charge on any atom is -0.207 e. The average molecular weight is 593 g/mol. The van der Waals surface area contributed by atoms with E-state index in [1.54, 1.807) is 0 Å². The number of hydrogen-bond donors (Lipinski definition) is 0. The van der Waals surface area contributed by atoms with Crippen LogP contribution in [0.1, 0.15) is 150 Å². The molecule has 3 fully saturated rings. The molecule has 0 unspecified atom stereocenters. The van der Waals surface area contributed by atoms with Crippen LogP contribution in [-0.4, -0.2) is 0 Å². The largest absolute Gasteiger partial charge is 0.422 e. The van der Waals surface area contributed by atoms with Gasteiger partial charge in [0.25, 0.3) is 0 Å². The molecule has 2 aromatic carbocycles. The van der Waals surface area contributed by atoms with Crippen LogP contribution < -0.4 is 0 Å². The Morgan fingerprint density at radius 1 is 0.595 bits per heavy atom. The van der Waals surface area contributed by atoms with Crippen molar-refractivity contribution in [3.8, 4) is 0 Å². The van der Waals surface area contributed by atoms with Gasteiger partial charge in [0.15, 0.2) is 0 Å². The Bertz CT molecular complexity index is 1140. The Morgan fingerprint density at radius 3 is 1.62 bits per heavy atom. The van der Waals surface area contributed by atoms with Crippen LogP contribution >= 0.6 is 0 Å². The van der Waals surface area contributed by atoms with E-state index in [4.69, 9.17) is 0 Å². The summed E-state index contributed by atoms with van der Waals surface area (Å²) in [7, 11) is 0. The summed E-state index contributed by atoms with van der Waals surface area (Å²) in [6, 6.07) is 7.80. The van der Waals surface area contributed by atoms with Gasteiger partial charge in [0, 0.05) is 0 Å². The predicted molar refractivity (Wildman–Crippen MR) is 156 cm³/mol. The second-order valence-corrected chi connectivity index (χ2v) is 13.6. The van der Waals surface area contributed by atoms with Crippen LogP contribution in [0.3, 0.4) is 0 Å². The molecule has 6 heteroatoms. The van der Waals surface area contributed by atoms with E-state index in [-0.39, 0.29) is 17.7 Å². The first kappa shape index (κ1) is 31.4. The highest BCUT2D eigenvalue weighted by Crippen LogP contribution is 2.47. The first-order valence-electron chi connectivity index (χ1n) is 16.5. The zero-order chi connectivity index (χ0) is 29.9. The van der Waals surface area contributed by atoms with Gasteiger partial charge in [-0.05, 0) is 147 Å². The predicted octanol–water partition coefficient (Wildman–Crippen LogP) is 12.2. The molecule has 0 radical (unpaired) electrons. The molecule has 0 N–H and O–H groups in total. The van der Waals surface area contributed by atoms with E-state index in [2.05, 4.69) is 19.1 Å². The van der Waals surface area contributed by atoms with E-state index in [0.717, 1.165) is 75.0 Å². The summed E-state index contributed by atoms with van der Waals surface area (Å²) in [6.07, 6.45) is 12.4. The smallest absolute Gasteiger partial charge is 0.207 e. The van der Waals surface area contributed by atoms with Gasteiger partial charge in [-0.3, -0.25) is 0 Å². The molecule has 0 aromatic heterocycles. The van der Waals surface area contributed by atoms with Gasteiger partial charge < -0.3 is 0 Å². The van der Waals surface area contributed by atoms with Crippen molar-refractivity contribution in [2.24, 2.45) is 17.8 Å². The van der Waals surface area contributed by atoms with Crippen molar-refractivity contribution in [3.63, 3.8) is 0 Å². The van der Waals surface area contributed by atoms with Gasteiger partial charge in [-0.25, -0.2) is 13.2 Å². The summed E-state index contributed by atoms with van der Waals surface area (Å²) in [6.45, 7) is 2.25. The van der Waals surface area contributed by atoms with Crippen LogP contribution in [0.25, 0.3) is 0 Å². The van der Waals surface area contributed by atoms with Gasteiger partial charge in [0.1, 0.15) is 23.0 Å². The van der Waals surface area contributed by atoms with Gasteiger partial charge in [-0.1, -0.05) is 44.7 Å². The number of unbranched alkanes of at least 4 members (excludes halogenated alkanes) is 2. The molecule has 0 nitrogen and oxygen atoms in total. The second kappa shape index (κ2) is 13.8. The molecule has 3 aliphatic carbocycles. The topological polar surface area (TPSA) is 0 Å². The van der Waals surface area contributed by atoms with E-state index >= 15 is 4.39 Å². The Hall–Kier alpha value is -1.98. The lowest BCUT2D eigenvalue weighted by molar-refractivity contribution is -0.142. The monoisotopic (exact) mass is 592 g/mol. The summed E-state index contributed by atoms with van der Waals surface area (Å²) in [4.78, 5) is 0. The van der Waals surface area contributed by atoms with Crippen molar-refractivity contribution in [2.45, 2.75) is 134 Å². The number of rotatable bonds is 8. The molecule has 0 atom stereocenters. The Labute approximate surface area is 247 Å². The maximum Gasteiger partial charge on any atom is 0.422 e. The molecule has 2 aromatic rings. The van der Waals surface area contributed by atoms with Gasteiger partial charge in [-0.15, -0.1) is 0 Å². The van der Waals surface area contributed by atoms with Crippen LogP contribution in [-0.2, 0) is 6.18 Å². The fraction of sp³-hybridized carbons (Fsp3) is 0.667. The zero-order valence-corrected chi connectivity index (χ0v) is 24.9. The minimum atomic E-state index is -5.04. The summed E-state index contributed by atoms with van der Waals surface area (Å²) in [5, 5.41) is 0. The number of hydrogen-bond acceptors (Lipinski definition) is 0. The summed E-state index contributed by atoms with van der Waals surface area (Å²) < 4.78 is 82.4. The molecule has 0 bridgehead atoms. The van der Waals surface area contributed by atoms with E-state index in [1.807, 2.05) is 6.07 Å². The molecule has 0 spiro atoms.